The van der Waals surface area contributed by atoms with E-state index in [4.69, 9.17) is 16.3 Å². The minimum atomic E-state index is 0.0204. The molecule has 1 aromatic rings. The van der Waals surface area contributed by atoms with Crippen molar-refractivity contribution in [2.24, 2.45) is 5.92 Å². The van der Waals surface area contributed by atoms with E-state index in [0.717, 1.165) is 31.9 Å². The van der Waals surface area contributed by atoms with Crippen molar-refractivity contribution in [2.75, 3.05) is 32.8 Å². The van der Waals surface area contributed by atoms with Crippen molar-refractivity contribution in [1.29, 1.82) is 0 Å². The number of halogens is 1. The first-order valence-electron chi connectivity index (χ1n) is 7.90. The van der Waals surface area contributed by atoms with E-state index in [2.05, 4.69) is 24.1 Å². The summed E-state index contributed by atoms with van der Waals surface area (Å²) in [6, 6.07) is 7.83. The summed E-state index contributed by atoms with van der Waals surface area (Å²) in [5.41, 5.74) is 0.870. The van der Waals surface area contributed by atoms with Crippen molar-refractivity contribution in [2.45, 2.75) is 26.3 Å². The topological polar surface area (TPSA) is 41.6 Å². The van der Waals surface area contributed by atoms with Gasteiger partial charge in [-0.1, -0.05) is 43.6 Å². The Kier molecular flexibility index (Phi) is 6.68. The molecule has 0 aliphatic carbocycles. The summed E-state index contributed by atoms with van der Waals surface area (Å²) in [4.78, 5) is 14.6. The number of morpholine rings is 1. The van der Waals surface area contributed by atoms with Crippen LogP contribution in [0.4, 0.5) is 0 Å². The van der Waals surface area contributed by atoms with Gasteiger partial charge in [-0.3, -0.25) is 9.69 Å². The Morgan fingerprint density at radius 2 is 2.00 bits per heavy atom. The van der Waals surface area contributed by atoms with Crippen LogP contribution in [0.2, 0.25) is 5.02 Å². The lowest BCUT2D eigenvalue weighted by molar-refractivity contribution is -0.120. The van der Waals surface area contributed by atoms with Crippen LogP contribution in [0.15, 0.2) is 24.3 Å². The van der Waals surface area contributed by atoms with Crippen LogP contribution in [0.25, 0.3) is 0 Å². The molecule has 0 spiro atoms. The largest absolute Gasteiger partial charge is 0.379 e. The summed E-state index contributed by atoms with van der Waals surface area (Å²) in [7, 11) is 0. The molecule has 1 saturated heterocycles. The molecule has 22 heavy (non-hydrogen) atoms. The van der Waals surface area contributed by atoms with Gasteiger partial charge in [0.25, 0.3) is 0 Å². The Bertz CT molecular complexity index is 487. The third-order valence-electron chi connectivity index (χ3n) is 4.10. The maximum absolute atomic E-state index is 12.2. The molecule has 0 bridgehead atoms. The van der Waals surface area contributed by atoms with Crippen LogP contribution in [-0.2, 0) is 16.0 Å². The van der Waals surface area contributed by atoms with Crippen LogP contribution >= 0.6 is 11.6 Å². The van der Waals surface area contributed by atoms with Crippen LogP contribution in [0.3, 0.4) is 0 Å². The van der Waals surface area contributed by atoms with Crippen LogP contribution in [-0.4, -0.2) is 49.7 Å². The lowest BCUT2D eigenvalue weighted by Gasteiger charge is -2.36. The maximum Gasteiger partial charge on any atom is 0.224 e. The Morgan fingerprint density at radius 3 is 2.64 bits per heavy atom. The van der Waals surface area contributed by atoms with E-state index in [9.17, 15) is 4.79 Å². The van der Waals surface area contributed by atoms with Gasteiger partial charge in [-0.05, 0) is 17.5 Å². The second-order valence-electron chi connectivity index (χ2n) is 6.03. The van der Waals surface area contributed by atoms with Crippen molar-refractivity contribution in [1.82, 2.24) is 10.2 Å². The molecule has 1 amide bonds. The molecule has 2 rings (SSSR count). The number of benzene rings is 1. The van der Waals surface area contributed by atoms with Crippen LogP contribution < -0.4 is 5.32 Å². The van der Waals surface area contributed by atoms with Gasteiger partial charge in [0.2, 0.25) is 5.91 Å². The van der Waals surface area contributed by atoms with Gasteiger partial charge in [0.1, 0.15) is 0 Å². The number of nitrogens with zero attached hydrogens (tertiary/aromatic N) is 1. The molecule has 122 valence electrons. The maximum atomic E-state index is 12.2. The van der Waals surface area contributed by atoms with E-state index in [0.29, 0.717) is 29.9 Å². The van der Waals surface area contributed by atoms with Crippen LogP contribution in [0.1, 0.15) is 19.4 Å². The average Bonchev–Trinajstić information content (AvgIpc) is 2.50. The average molecular weight is 325 g/mol. The minimum absolute atomic E-state index is 0.0204. The third kappa shape index (κ3) is 4.97. The molecular weight excluding hydrogens is 300 g/mol. The predicted molar refractivity (Wildman–Crippen MR) is 89.2 cm³/mol. The van der Waals surface area contributed by atoms with Crippen molar-refractivity contribution < 1.29 is 9.53 Å². The van der Waals surface area contributed by atoms with E-state index >= 15 is 0 Å². The fourth-order valence-electron chi connectivity index (χ4n) is 2.79. The van der Waals surface area contributed by atoms with E-state index in [1.54, 1.807) is 0 Å². The molecule has 0 aromatic heterocycles. The fraction of sp³-hybridized carbons (Fsp3) is 0.588. The molecule has 0 radical (unpaired) electrons. The number of carbonyl (C=O) groups excluding carboxylic acids is 1. The second-order valence-corrected chi connectivity index (χ2v) is 6.44. The van der Waals surface area contributed by atoms with Gasteiger partial charge in [-0.15, -0.1) is 0 Å². The van der Waals surface area contributed by atoms with E-state index in [1.807, 2.05) is 24.3 Å². The molecular formula is C17H25ClN2O2. The summed E-state index contributed by atoms with van der Waals surface area (Å²) in [6.07, 6.45) is 0.327. The van der Waals surface area contributed by atoms with Crippen LogP contribution in [0, 0.1) is 5.92 Å². The Hall–Kier alpha value is -1.10. The highest BCUT2D eigenvalue weighted by atomic mass is 35.5. The zero-order chi connectivity index (χ0) is 15.9. The lowest BCUT2D eigenvalue weighted by atomic mass is 10.0. The van der Waals surface area contributed by atoms with Crippen molar-refractivity contribution >= 4 is 17.5 Å². The van der Waals surface area contributed by atoms with Crippen molar-refractivity contribution in [3.8, 4) is 0 Å². The van der Waals surface area contributed by atoms with Gasteiger partial charge in [-0.2, -0.15) is 0 Å². The van der Waals surface area contributed by atoms with Gasteiger partial charge in [0.05, 0.1) is 19.6 Å². The highest BCUT2D eigenvalue weighted by Crippen LogP contribution is 2.16. The minimum Gasteiger partial charge on any atom is -0.379 e. The summed E-state index contributed by atoms with van der Waals surface area (Å²) in [5, 5.41) is 3.70. The molecule has 1 aliphatic heterocycles. The molecule has 1 atom stereocenters. The monoisotopic (exact) mass is 324 g/mol. The molecule has 1 aliphatic rings. The first kappa shape index (κ1) is 17.3. The molecule has 0 saturated carbocycles. The summed E-state index contributed by atoms with van der Waals surface area (Å²) >= 11 is 6.10. The zero-order valence-corrected chi connectivity index (χ0v) is 14.1. The van der Waals surface area contributed by atoms with Crippen molar-refractivity contribution in [3.05, 3.63) is 34.9 Å². The SMILES string of the molecule is CC(C)C(CNC(=O)Cc1ccccc1Cl)N1CCOCC1. The van der Waals surface area contributed by atoms with Gasteiger partial charge in [0.15, 0.2) is 0 Å². The second kappa shape index (κ2) is 8.51. The Balaban J connectivity index is 1.86. The number of amides is 1. The molecule has 1 unspecified atom stereocenters. The lowest BCUT2D eigenvalue weighted by Crippen LogP contribution is -2.51. The van der Waals surface area contributed by atoms with E-state index in [-0.39, 0.29) is 5.91 Å². The fourth-order valence-corrected chi connectivity index (χ4v) is 2.99. The van der Waals surface area contributed by atoms with Gasteiger partial charge in [-0.25, -0.2) is 0 Å². The highest BCUT2D eigenvalue weighted by molar-refractivity contribution is 6.31. The molecule has 1 heterocycles. The van der Waals surface area contributed by atoms with Crippen molar-refractivity contribution in [3.63, 3.8) is 0 Å². The normalized spacial score (nSPS) is 17.5. The van der Waals surface area contributed by atoms with Gasteiger partial charge < -0.3 is 10.1 Å². The predicted octanol–water partition coefficient (Wildman–Crippen LogP) is 2.36. The smallest absolute Gasteiger partial charge is 0.224 e. The number of rotatable bonds is 6. The third-order valence-corrected chi connectivity index (χ3v) is 4.47. The van der Waals surface area contributed by atoms with Gasteiger partial charge >= 0.3 is 0 Å². The quantitative estimate of drug-likeness (QED) is 0.873. The molecule has 1 fully saturated rings. The molecule has 4 nitrogen and oxygen atoms in total. The first-order valence-corrected chi connectivity index (χ1v) is 8.27. The highest BCUT2D eigenvalue weighted by Gasteiger charge is 2.24. The molecule has 1 aromatic carbocycles. The number of ether oxygens (including phenoxy) is 1. The number of hydrogen-bond donors (Lipinski definition) is 1. The number of nitrogens with one attached hydrogen (secondary N) is 1. The van der Waals surface area contributed by atoms with Gasteiger partial charge in [0, 0.05) is 30.7 Å². The zero-order valence-electron chi connectivity index (χ0n) is 13.3. The van der Waals surface area contributed by atoms with E-state index in [1.165, 1.54) is 0 Å². The number of carbonyl (C=O) groups is 1. The standard InChI is InChI=1S/C17H25ClN2O2/c1-13(2)16(20-7-9-22-10-8-20)12-19-17(21)11-14-5-3-4-6-15(14)18/h3-6,13,16H,7-12H2,1-2H3,(H,19,21). The van der Waals surface area contributed by atoms with Crippen LogP contribution in [0.5, 0.6) is 0 Å². The first-order chi connectivity index (χ1) is 10.6. The molecule has 5 heteroatoms. The summed E-state index contributed by atoms with van der Waals surface area (Å²) in [5.74, 6) is 0.505. The summed E-state index contributed by atoms with van der Waals surface area (Å²) in [6.45, 7) is 8.47. The summed E-state index contributed by atoms with van der Waals surface area (Å²) < 4.78 is 5.40. The number of hydrogen-bond acceptors (Lipinski definition) is 3. The molecule has 1 N–H and O–H groups in total. The van der Waals surface area contributed by atoms with E-state index < -0.39 is 0 Å². The Labute approximate surface area is 137 Å². The Morgan fingerprint density at radius 1 is 1.32 bits per heavy atom.